The SMILES string of the molecule is CCCC1=C(C(=O)OCC)[C@H](c2cc(Br)ccc2OC)n2c(s/c(=C/c3cc4c(cc3Cl)OCO4)c2=O)=N1. The van der Waals surface area contributed by atoms with Crippen molar-refractivity contribution in [3.05, 3.63) is 81.9 Å². The van der Waals surface area contributed by atoms with E-state index in [0.29, 0.717) is 60.4 Å². The topological polar surface area (TPSA) is 88.4 Å². The number of hydrogen-bond acceptors (Lipinski definition) is 8. The van der Waals surface area contributed by atoms with Gasteiger partial charge in [-0.05, 0) is 49.2 Å². The Bertz CT molecular complexity index is 1640. The molecule has 0 spiro atoms. The molecule has 0 radical (unpaired) electrons. The summed E-state index contributed by atoms with van der Waals surface area (Å²) in [6.45, 7) is 4.06. The molecule has 3 aromatic rings. The molecule has 0 fully saturated rings. The van der Waals surface area contributed by atoms with Crippen LogP contribution in [0.1, 0.15) is 43.9 Å². The van der Waals surface area contributed by atoms with Crippen LogP contribution in [-0.4, -0.2) is 31.0 Å². The molecule has 1 aromatic heterocycles. The van der Waals surface area contributed by atoms with Crippen LogP contribution in [0.15, 0.2) is 55.9 Å². The summed E-state index contributed by atoms with van der Waals surface area (Å²) in [7, 11) is 1.55. The second-order valence-corrected chi connectivity index (χ2v) is 10.9. The highest BCUT2D eigenvalue weighted by Gasteiger charge is 2.36. The zero-order valence-corrected chi connectivity index (χ0v) is 24.0. The summed E-state index contributed by atoms with van der Waals surface area (Å²) in [6.07, 6.45) is 3.00. The van der Waals surface area contributed by atoms with Crippen LogP contribution < -0.4 is 29.1 Å². The molecule has 38 heavy (non-hydrogen) atoms. The fourth-order valence-corrected chi connectivity index (χ4v) is 6.12. The maximum atomic E-state index is 14.0. The second-order valence-electron chi connectivity index (χ2n) is 8.53. The molecule has 0 aliphatic carbocycles. The van der Waals surface area contributed by atoms with E-state index < -0.39 is 12.0 Å². The molecule has 1 atom stereocenters. The van der Waals surface area contributed by atoms with Crippen molar-refractivity contribution >= 4 is 50.9 Å². The number of benzene rings is 2. The fraction of sp³-hybridized carbons (Fsp3) is 0.296. The largest absolute Gasteiger partial charge is 0.496 e. The van der Waals surface area contributed by atoms with Gasteiger partial charge in [0.15, 0.2) is 16.3 Å². The number of esters is 1. The molecular weight excluding hydrogens is 596 g/mol. The van der Waals surface area contributed by atoms with E-state index in [1.165, 1.54) is 15.9 Å². The number of thiazole rings is 1. The third-order valence-corrected chi connectivity index (χ3v) is 7.96. The summed E-state index contributed by atoms with van der Waals surface area (Å²) in [4.78, 5) is 32.6. The van der Waals surface area contributed by atoms with Gasteiger partial charge in [-0.25, -0.2) is 9.79 Å². The Hall–Kier alpha value is -3.08. The predicted octanol–water partition coefficient (Wildman–Crippen LogP) is 4.73. The van der Waals surface area contributed by atoms with Gasteiger partial charge in [0.25, 0.3) is 5.56 Å². The number of hydrogen-bond donors (Lipinski definition) is 0. The number of fused-ring (bicyclic) bond motifs is 2. The van der Waals surface area contributed by atoms with Crippen molar-refractivity contribution in [3.63, 3.8) is 0 Å². The van der Waals surface area contributed by atoms with Crippen LogP contribution in [0.5, 0.6) is 17.2 Å². The Balaban J connectivity index is 1.79. The van der Waals surface area contributed by atoms with Crippen molar-refractivity contribution < 1.29 is 23.7 Å². The summed E-state index contributed by atoms with van der Waals surface area (Å²) < 4.78 is 24.7. The van der Waals surface area contributed by atoms with Gasteiger partial charge in [0.05, 0.1) is 34.5 Å². The minimum absolute atomic E-state index is 0.114. The molecule has 2 aromatic carbocycles. The molecule has 3 heterocycles. The highest BCUT2D eigenvalue weighted by Crippen LogP contribution is 2.39. The van der Waals surface area contributed by atoms with Crippen molar-refractivity contribution in [2.24, 2.45) is 4.99 Å². The second kappa shape index (κ2) is 11.0. The number of carbonyl (C=O) groups excluding carboxylic acids is 1. The molecule has 11 heteroatoms. The number of allylic oxidation sites excluding steroid dienone is 1. The minimum Gasteiger partial charge on any atom is -0.496 e. The van der Waals surface area contributed by atoms with E-state index in [9.17, 15) is 9.59 Å². The van der Waals surface area contributed by atoms with E-state index in [0.717, 1.165) is 10.9 Å². The first kappa shape index (κ1) is 26.5. The first-order valence-electron chi connectivity index (χ1n) is 12.0. The van der Waals surface area contributed by atoms with Crippen molar-refractivity contribution in [3.8, 4) is 17.2 Å². The molecule has 0 bridgehead atoms. The summed E-state index contributed by atoms with van der Waals surface area (Å²) >= 11 is 11.3. The molecule has 2 aliphatic heterocycles. The smallest absolute Gasteiger partial charge is 0.338 e. The number of nitrogens with zero attached hydrogens (tertiary/aromatic N) is 2. The van der Waals surface area contributed by atoms with Crippen molar-refractivity contribution in [2.75, 3.05) is 20.5 Å². The van der Waals surface area contributed by atoms with Gasteiger partial charge < -0.3 is 18.9 Å². The summed E-state index contributed by atoms with van der Waals surface area (Å²) in [5.41, 5.74) is 1.85. The van der Waals surface area contributed by atoms with Crippen LogP contribution >= 0.6 is 38.9 Å². The maximum Gasteiger partial charge on any atom is 0.338 e. The number of halogens is 2. The lowest BCUT2D eigenvalue weighted by Gasteiger charge is -2.27. The Morgan fingerprint density at radius 3 is 2.74 bits per heavy atom. The number of aromatic nitrogens is 1. The highest BCUT2D eigenvalue weighted by molar-refractivity contribution is 9.10. The highest BCUT2D eigenvalue weighted by atomic mass is 79.9. The van der Waals surface area contributed by atoms with Gasteiger partial charge in [-0.1, -0.05) is 52.2 Å². The van der Waals surface area contributed by atoms with Crippen LogP contribution in [0.2, 0.25) is 5.02 Å². The summed E-state index contributed by atoms with van der Waals surface area (Å²) in [6, 6.07) is 8.10. The number of ether oxygens (including phenoxy) is 4. The van der Waals surface area contributed by atoms with Crippen molar-refractivity contribution in [1.29, 1.82) is 0 Å². The lowest BCUT2D eigenvalue weighted by molar-refractivity contribution is -0.139. The lowest BCUT2D eigenvalue weighted by atomic mass is 9.93. The molecule has 0 amide bonds. The van der Waals surface area contributed by atoms with Crippen LogP contribution in [-0.2, 0) is 9.53 Å². The van der Waals surface area contributed by atoms with E-state index in [-0.39, 0.29) is 19.0 Å². The van der Waals surface area contributed by atoms with Crippen molar-refractivity contribution in [1.82, 2.24) is 4.57 Å². The third kappa shape index (κ3) is 4.76. The Morgan fingerprint density at radius 2 is 2.03 bits per heavy atom. The van der Waals surface area contributed by atoms with Gasteiger partial charge >= 0.3 is 5.97 Å². The van der Waals surface area contributed by atoms with E-state index in [1.807, 2.05) is 19.1 Å². The first-order chi connectivity index (χ1) is 18.4. The fourth-order valence-electron chi connectivity index (χ4n) is 4.52. The van der Waals surface area contributed by atoms with Crippen molar-refractivity contribution in [2.45, 2.75) is 32.7 Å². The Kier molecular flexibility index (Phi) is 7.65. The zero-order chi connectivity index (χ0) is 27.0. The van der Waals surface area contributed by atoms with E-state index in [4.69, 9.17) is 35.5 Å². The standard InChI is InChI=1S/C27H24BrClN2O6S/c1-4-6-18-23(26(33)35-5-2)24(16-11-15(28)7-8-19(16)34-3)31-25(32)22(38-27(31)30-18)10-14-9-20-21(12-17(14)29)37-13-36-20/h7-12,24H,4-6,13H2,1-3H3/b22-10+/t24-/m0/s1. The molecule has 0 N–H and O–H groups in total. The van der Waals surface area contributed by atoms with Gasteiger partial charge in [-0.3, -0.25) is 9.36 Å². The third-order valence-electron chi connectivity index (χ3n) is 6.16. The number of methoxy groups -OCH3 is 1. The minimum atomic E-state index is -0.798. The van der Waals surface area contributed by atoms with Crippen LogP contribution in [0.4, 0.5) is 0 Å². The van der Waals surface area contributed by atoms with Gasteiger partial charge in [0, 0.05) is 16.1 Å². The van der Waals surface area contributed by atoms with Gasteiger partial charge in [-0.2, -0.15) is 0 Å². The van der Waals surface area contributed by atoms with Gasteiger partial charge in [-0.15, -0.1) is 0 Å². The Labute approximate surface area is 235 Å². The van der Waals surface area contributed by atoms with E-state index in [1.54, 1.807) is 38.3 Å². The zero-order valence-electron chi connectivity index (χ0n) is 20.9. The number of carbonyl (C=O) groups is 1. The van der Waals surface area contributed by atoms with Crippen LogP contribution in [0.25, 0.3) is 6.08 Å². The molecule has 0 saturated carbocycles. The van der Waals surface area contributed by atoms with E-state index >= 15 is 0 Å². The molecule has 5 rings (SSSR count). The molecule has 0 saturated heterocycles. The first-order valence-corrected chi connectivity index (χ1v) is 14.0. The molecule has 8 nitrogen and oxygen atoms in total. The molecule has 2 aliphatic rings. The molecule has 198 valence electrons. The van der Waals surface area contributed by atoms with E-state index in [2.05, 4.69) is 15.9 Å². The Morgan fingerprint density at radius 1 is 1.26 bits per heavy atom. The summed E-state index contributed by atoms with van der Waals surface area (Å²) in [5.74, 6) is 1.13. The lowest BCUT2D eigenvalue weighted by Crippen LogP contribution is -2.40. The average Bonchev–Trinajstić information content (AvgIpc) is 3.47. The average molecular weight is 620 g/mol. The molecule has 0 unspecified atom stereocenters. The maximum absolute atomic E-state index is 14.0. The summed E-state index contributed by atoms with van der Waals surface area (Å²) in [5, 5.41) is 0.421. The quantitative estimate of drug-likeness (QED) is 0.356. The monoisotopic (exact) mass is 618 g/mol. The normalized spacial score (nSPS) is 16.3. The van der Waals surface area contributed by atoms with Gasteiger partial charge in [0.2, 0.25) is 6.79 Å². The van der Waals surface area contributed by atoms with Crippen LogP contribution in [0, 0.1) is 0 Å². The molecular formula is C27H24BrClN2O6S. The van der Waals surface area contributed by atoms with Crippen LogP contribution in [0.3, 0.4) is 0 Å². The number of rotatable bonds is 7. The predicted molar refractivity (Wildman–Crippen MR) is 148 cm³/mol. The van der Waals surface area contributed by atoms with Gasteiger partial charge in [0.1, 0.15) is 11.8 Å².